The van der Waals surface area contributed by atoms with Crippen LogP contribution >= 0.6 is 0 Å². The summed E-state index contributed by atoms with van der Waals surface area (Å²) in [6, 6.07) is 18.9. The van der Waals surface area contributed by atoms with E-state index in [2.05, 4.69) is 70.0 Å². The van der Waals surface area contributed by atoms with E-state index >= 15 is 0 Å². The Balaban J connectivity index is 1.32. The van der Waals surface area contributed by atoms with Crippen molar-refractivity contribution in [2.45, 2.75) is 31.7 Å². The average molecular weight is 374 g/mol. The molecule has 1 saturated carbocycles. The van der Waals surface area contributed by atoms with Crippen molar-refractivity contribution >= 4 is 5.96 Å². The third-order valence-electron chi connectivity index (χ3n) is 5.34. The number of oxazole rings is 1. The topological polar surface area (TPSA) is 62.5 Å². The predicted molar refractivity (Wildman–Crippen MR) is 112 cm³/mol. The lowest BCUT2D eigenvalue weighted by molar-refractivity contribution is 0.572. The molecule has 0 amide bonds. The number of aliphatic imine (C=N–C) groups is 1. The third-order valence-corrected chi connectivity index (χ3v) is 5.34. The van der Waals surface area contributed by atoms with Crippen LogP contribution in [0.2, 0.25) is 0 Å². The zero-order valence-electron chi connectivity index (χ0n) is 16.4. The Morgan fingerprint density at radius 3 is 2.50 bits per heavy atom. The number of aryl methyl sites for hydroxylation is 1. The van der Waals surface area contributed by atoms with Crippen molar-refractivity contribution in [1.82, 2.24) is 15.6 Å². The van der Waals surface area contributed by atoms with Crippen molar-refractivity contribution in [2.24, 2.45) is 4.99 Å². The van der Waals surface area contributed by atoms with Crippen LogP contribution in [-0.2, 0) is 12.0 Å². The van der Waals surface area contributed by atoms with Crippen LogP contribution in [0.3, 0.4) is 0 Å². The van der Waals surface area contributed by atoms with E-state index < -0.39 is 0 Å². The molecule has 2 N–H and O–H groups in total. The second-order valence-electron chi connectivity index (χ2n) is 7.44. The molecule has 4 rings (SSSR count). The molecule has 3 aromatic rings. The first-order chi connectivity index (χ1) is 13.7. The van der Waals surface area contributed by atoms with Crippen molar-refractivity contribution in [3.05, 3.63) is 77.7 Å². The molecule has 1 heterocycles. The average Bonchev–Trinajstić information content (AvgIpc) is 3.39. The van der Waals surface area contributed by atoms with Gasteiger partial charge in [0.05, 0.1) is 12.2 Å². The van der Waals surface area contributed by atoms with Crippen molar-refractivity contribution in [3.63, 3.8) is 0 Å². The van der Waals surface area contributed by atoms with E-state index in [0.717, 1.165) is 23.8 Å². The first-order valence-electron chi connectivity index (χ1n) is 9.70. The molecule has 1 fully saturated rings. The Labute approximate surface area is 165 Å². The fourth-order valence-corrected chi connectivity index (χ4v) is 3.37. The fraction of sp³-hybridized carbons (Fsp3) is 0.304. The van der Waals surface area contributed by atoms with Gasteiger partial charge < -0.3 is 15.1 Å². The van der Waals surface area contributed by atoms with Gasteiger partial charge in [0.25, 0.3) is 0 Å². The molecule has 0 aliphatic heterocycles. The van der Waals surface area contributed by atoms with Crippen LogP contribution in [0, 0.1) is 6.92 Å². The van der Waals surface area contributed by atoms with Crippen LogP contribution in [0.4, 0.5) is 0 Å². The van der Waals surface area contributed by atoms with E-state index in [1.54, 1.807) is 13.3 Å². The maximum absolute atomic E-state index is 5.63. The minimum atomic E-state index is 0.241. The normalized spacial score (nSPS) is 15.3. The van der Waals surface area contributed by atoms with Gasteiger partial charge in [-0.2, -0.15) is 0 Å². The summed E-state index contributed by atoms with van der Waals surface area (Å²) < 4.78 is 5.63. The Hall–Kier alpha value is -3.08. The molecule has 5 nitrogen and oxygen atoms in total. The standard InChI is InChI=1S/C23H26N4O/c1-17-8-10-18(11-9-17)21-27-20(15-28-21)14-25-22(24-2)26-16-23(12-13-23)19-6-4-3-5-7-19/h3-11,15H,12-14,16H2,1-2H3,(H2,24,25,26). The fourth-order valence-electron chi connectivity index (χ4n) is 3.37. The van der Waals surface area contributed by atoms with Gasteiger partial charge in [-0.1, -0.05) is 48.0 Å². The summed E-state index contributed by atoms with van der Waals surface area (Å²) in [4.78, 5) is 8.91. The number of benzene rings is 2. The Kier molecular flexibility index (Phi) is 5.15. The summed E-state index contributed by atoms with van der Waals surface area (Å²) in [5, 5.41) is 6.79. The summed E-state index contributed by atoms with van der Waals surface area (Å²) in [5.41, 5.74) is 4.69. The van der Waals surface area contributed by atoms with Crippen molar-refractivity contribution < 1.29 is 4.42 Å². The molecule has 1 aliphatic carbocycles. The summed E-state index contributed by atoms with van der Waals surface area (Å²) in [5.74, 6) is 1.42. The molecule has 1 aromatic heterocycles. The lowest BCUT2D eigenvalue weighted by Crippen LogP contribution is -2.40. The molecule has 28 heavy (non-hydrogen) atoms. The summed E-state index contributed by atoms with van der Waals surface area (Å²) in [6.45, 7) is 3.51. The highest BCUT2D eigenvalue weighted by molar-refractivity contribution is 5.79. The monoisotopic (exact) mass is 374 g/mol. The van der Waals surface area contributed by atoms with Crippen LogP contribution < -0.4 is 10.6 Å². The van der Waals surface area contributed by atoms with Gasteiger partial charge >= 0.3 is 0 Å². The van der Waals surface area contributed by atoms with E-state index in [-0.39, 0.29) is 5.41 Å². The molecular formula is C23H26N4O. The van der Waals surface area contributed by atoms with Gasteiger partial charge in [-0.05, 0) is 37.5 Å². The third kappa shape index (κ3) is 4.09. The smallest absolute Gasteiger partial charge is 0.226 e. The van der Waals surface area contributed by atoms with Gasteiger partial charge in [0.15, 0.2) is 5.96 Å². The lowest BCUT2D eigenvalue weighted by atomic mass is 9.96. The highest BCUT2D eigenvalue weighted by Gasteiger charge is 2.43. The van der Waals surface area contributed by atoms with E-state index in [1.165, 1.54) is 24.0 Å². The second-order valence-corrected chi connectivity index (χ2v) is 7.44. The highest BCUT2D eigenvalue weighted by atomic mass is 16.3. The van der Waals surface area contributed by atoms with Crippen LogP contribution in [0.1, 0.15) is 29.7 Å². The molecule has 0 bridgehead atoms. The number of nitrogens with zero attached hydrogens (tertiary/aromatic N) is 2. The number of hydrogen-bond acceptors (Lipinski definition) is 3. The summed E-state index contributed by atoms with van der Waals surface area (Å²) in [6.07, 6.45) is 4.12. The summed E-state index contributed by atoms with van der Waals surface area (Å²) >= 11 is 0. The zero-order chi connectivity index (χ0) is 19.4. The van der Waals surface area contributed by atoms with Gasteiger partial charge in [0, 0.05) is 24.6 Å². The number of rotatable bonds is 6. The number of aromatic nitrogens is 1. The minimum absolute atomic E-state index is 0.241. The SMILES string of the molecule is CN=C(NCc1coc(-c2ccc(C)cc2)n1)NCC1(c2ccccc2)CC1. The first kappa shape index (κ1) is 18.3. The van der Waals surface area contributed by atoms with Crippen LogP contribution in [0.25, 0.3) is 11.5 Å². The summed E-state index contributed by atoms with van der Waals surface area (Å²) in [7, 11) is 1.79. The van der Waals surface area contributed by atoms with Gasteiger partial charge in [-0.3, -0.25) is 4.99 Å². The number of nitrogens with one attached hydrogen (secondary N) is 2. The van der Waals surface area contributed by atoms with Crippen LogP contribution in [0.5, 0.6) is 0 Å². The second kappa shape index (κ2) is 7.89. The first-order valence-corrected chi connectivity index (χ1v) is 9.70. The van der Waals surface area contributed by atoms with Crippen molar-refractivity contribution in [3.8, 4) is 11.5 Å². The van der Waals surface area contributed by atoms with Crippen molar-refractivity contribution in [2.75, 3.05) is 13.6 Å². The molecule has 0 unspecified atom stereocenters. The maximum atomic E-state index is 5.63. The Bertz CT molecular complexity index is 940. The van der Waals surface area contributed by atoms with Gasteiger partial charge in [0.1, 0.15) is 6.26 Å². The van der Waals surface area contributed by atoms with E-state index in [4.69, 9.17) is 4.42 Å². The molecule has 144 valence electrons. The zero-order valence-corrected chi connectivity index (χ0v) is 16.4. The predicted octanol–water partition coefficient (Wildman–Crippen LogP) is 4.05. The molecule has 0 saturated heterocycles. The van der Waals surface area contributed by atoms with E-state index in [1.807, 2.05) is 12.1 Å². The largest absolute Gasteiger partial charge is 0.444 e. The minimum Gasteiger partial charge on any atom is -0.444 e. The molecular weight excluding hydrogens is 348 g/mol. The highest BCUT2D eigenvalue weighted by Crippen LogP contribution is 2.47. The van der Waals surface area contributed by atoms with E-state index in [0.29, 0.717) is 12.4 Å². The lowest BCUT2D eigenvalue weighted by Gasteiger charge is -2.18. The Morgan fingerprint density at radius 2 is 1.82 bits per heavy atom. The van der Waals surface area contributed by atoms with Gasteiger partial charge in [-0.25, -0.2) is 4.98 Å². The Morgan fingerprint density at radius 1 is 1.07 bits per heavy atom. The molecule has 1 aliphatic rings. The van der Waals surface area contributed by atoms with Crippen molar-refractivity contribution in [1.29, 1.82) is 0 Å². The molecule has 0 radical (unpaired) electrons. The number of guanidine groups is 1. The molecule has 0 atom stereocenters. The van der Waals surface area contributed by atoms with Gasteiger partial charge in [0.2, 0.25) is 5.89 Å². The van der Waals surface area contributed by atoms with Gasteiger partial charge in [-0.15, -0.1) is 0 Å². The number of hydrogen-bond donors (Lipinski definition) is 2. The maximum Gasteiger partial charge on any atom is 0.226 e. The quantitative estimate of drug-likeness (QED) is 0.505. The molecule has 5 heteroatoms. The van der Waals surface area contributed by atoms with Crippen LogP contribution in [-0.4, -0.2) is 24.5 Å². The van der Waals surface area contributed by atoms with Crippen LogP contribution in [0.15, 0.2) is 70.3 Å². The van der Waals surface area contributed by atoms with E-state index in [9.17, 15) is 0 Å². The molecule has 0 spiro atoms. The molecule has 2 aromatic carbocycles.